The molecule has 1 fully saturated rings. The van der Waals surface area contributed by atoms with Gasteiger partial charge in [0.15, 0.2) is 10.8 Å². The Hall–Kier alpha value is -2.41. The first-order valence-electron chi connectivity index (χ1n) is 7.63. The molecule has 3 aromatic rings. The second-order valence-corrected chi connectivity index (χ2v) is 6.55. The highest BCUT2D eigenvalue weighted by Crippen LogP contribution is 2.39. The summed E-state index contributed by atoms with van der Waals surface area (Å²) in [5.41, 5.74) is 2.29. The van der Waals surface area contributed by atoms with Gasteiger partial charge >= 0.3 is 0 Å². The van der Waals surface area contributed by atoms with Crippen LogP contribution in [0.3, 0.4) is 0 Å². The van der Waals surface area contributed by atoms with E-state index in [-0.39, 0.29) is 5.91 Å². The summed E-state index contributed by atoms with van der Waals surface area (Å²) in [6.45, 7) is 2.57. The smallest absolute Gasteiger partial charge is 0.277 e. The number of aromatic amines is 1. The van der Waals surface area contributed by atoms with Crippen LogP contribution in [0.25, 0.3) is 10.2 Å². The van der Waals surface area contributed by atoms with Crippen molar-refractivity contribution < 1.29 is 9.53 Å². The van der Waals surface area contributed by atoms with Gasteiger partial charge in [0, 0.05) is 11.6 Å². The molecule has 23 heavy (non-hydrogen) atoms. The molecule has 0 unspecified atom stereocenters. The third kappa shape index (κ3) is 2.92. The summed E-state index contributed by atoms with van der Waals surface area (Å²) in [6.07, 6.45) is 2.34. The van der Waals surface area contributed by atoms with Gasteiger partial charge in [-0.3, -0.25) is 15.2 Å². The van der Waals surface area contributed by atoms with Crippen molar-refractivity contribution in [1.29, 1.82) is 0 Å². The summed E-state index contributed by atoms with van der Waals surface area (Å²) in [4.78, 5) is 16.7. The van der Waals surface area contributed by atoms with Gasteiger partial charge < -0.3 is 4.74 Å². The summed E-state index contributed by atoms with van der Waals surface area (Å²) in [6, 6.07) is 7.54. The fraction of sp³-hybridized carbons (Fsp3) is 0.312. The zero-order valence-electron chi connectivity index (χ0n) is 12.6. The molecule has 2 N–H and O–H groups in total. The second kappa shape index (κ2) is 5.66. The quantitative estimate of drug-likeness (QED) is 0.750. The largest absolute Gasteiger partial charge is 0.494 e. The minimum atomic E-state index is -0.239. The molecule has 4 rings (SSSR count). The average molecular weight is 328 g/mol. The maximum absolute atomic E-state index is 12.3. The van der Waals surface area contributed by atoms with Gasteiger partial charge in [0.25, 0.3) is 5.91 Å². The number of nitrogens with one attached hydrogen (secondary N) is 2. The summed E-state index contributed by atoms with van der Waals surface area (Å²) >= 11 is 1.42. The second-order valence-electron chi connectivity index (χ2n) is 5.52. The summed E-state index contributed by atoms with van der Waals surface area (Å²) < 4.78 is 6.46. The van der Waals surface area contributed by atoms with Gasteiger partial charge in [-0.25, -0.2) is 4.98 Å². The SMILES string of the molecule is CCOc1ccc2nc(NC(=O)c3cc(C4CC4)[nH]n3)sc2c1. The highest BCUT2D eigenvalue weighted by molar-refractivity contribution is 7.22. The summed E-state index contributed by atoms with van der Waals surface area (Å²) in [5.74, 6) is 1.11. The van der Waals surface area contributed by atoms with Crippen molar-refractivity contribution in [2.24, 2.45) is 0 Å². The van der Waals surface area contributed by atoms with Crippen LogP contribution in [-0.4, -0.2) is 27.7 Å². The molecule has 0 aliphatic heterocycles. The molecule has 0 spiro atoms. The van der Waals surface area contributed by atoms with Crippen molar-refractivity contribution in [3.05, 3.63) is 35.7 Å². The molecular weight excluding hydrogens is 312 g/mol. The third-order valence-corrected chi connectivity index (χ3v) is 4.67. The number of nitrogens with zero attached hydrogens (tertiary/aromatic N) is 2. The van der Waals surface area contributed by atoms with Crippen LogP contribution in [0, 0.1) is 0 Å². The lowest BCUT2D eigenvalue weighted by molar-refractivity contribution is 0.102. The molecule has 1 saturated carbocycles. The predicted molar refractivity (Wildman–Crippen MR) is 89.3 cm³/mol. The van der Waals surface area contributed by atoms with E-state index in [4.69, 9.17) is 4.74 Å². The van der Waals surface area contributed by atoms with Crippen LogP contribution in [-0.2, 0) is 0 Å². The average Bonchev–Trinajstić information content (AvgIpc) is 3.12. The number of aromatic nitrogens is 3. The molecule has 0 saturated heterocycles. The van der Waals surface area contributed by atoms with Crippen molar-refractivity contribution in [2.75, 3.05) is 11.9 Å². The minimum Gasteiger partial charge on any atom is -0.494 e. The number of carbonyl (C=O) groups is 1. The van der Waals surface area contributed by atoms with Gasteiger partial charge in [0.2, 0.25) is 0 Å². The number of amides is 1. The number of fused-ring (bicyclic) bond motifs is 1. The van der Waals surface area contributed by atoms with E-state index >= 15 is 0 Å². The van der Waals surface area contributed by atoms with E-state index in [1.165, 1.54) is 24.2 Å². The van der Waals surface area contributed by atoms with Gasteiger partial charge in [-0.1, -0.05) is 11.3 Å². The van der Waals surface area contributed by atoms with E-state index in [1.807, 2.05) is 31.2 Å². The predicted octanol–water partition coefficient (Wildman–Crippen LogP) is 3.55. The first-order valence-corrected chi connectivity index (χ1v) is 8.44. The maximum Gasteiger partial charge on any atom is 0.277 e. The molecule has 2 heterocycles. The molecule has 1 aromatic carbocycles. The van der Waals surface area contributed by atoms with Crippen LogP contribution in [0.4, 0.5) is 5.13 Å². The number of rotatable bonds is 5. The molecule has 0 radical (unpaired) electrons. The number of anilines is 1. The van der Waals surface area contributed by atoms with Crippen LogP contribution < -0.4 is 10.1 Å². The first kappa shape index (κ1) is 14.2. The molecule has 118 valence electrons. The Kier molecular flexibility index (Phi) is 3.49. The fourth-order valence-electron chi connectivity index (χ4n) is 2.43. The Balaban J connectivity index is 1.52. The van der Waals surface area contributed by atoms with Crippen LogP contribution in [0.1, 0.15) is 41.9 Å². The van der Waals surface area contributed by atoms with E-state index in [1.54, 1.807) is 0 Å². The third-order valence-electron chi connectivity index (χ3n) is 3.74. The fourth-order valence-corrected chi connectivity index (χ4v) is 3.32. The van der Waals surface area contributed by atoms with Crippen molar-refractivity contribution in [3.8, 4) is 5.75 Å². The van der Waals surface area contributed by atoms with E-state index < -0.39 is 0 Å². The lowest BCUT2D eigenvalue weighted by Crippen LogP contribution is -2.12. The van der Waals surface area contributed by atoms with Crippen LogP contribution in [0.15, 0.2) is 24.3 Å². The minimum absolute atomic E-state index is 0.239. The molecule has 0 atom stereocenters. The van der Waals surface area contributed by atoms with Gasteiger partial charge in [0.1, 0.15) is 5.75 Å². The maximum atomic E-state index is 12.3. The highest BCUT2D eigenvalue weighted by atomic mass is 32.1. The number of hydrogen-bond donors (Lipinski definition) is 2. The molecule has 0 bridgehead atoms. The van der Waals surface area contributed by atoms with Crippen molar-refractivity contribution in [1.82, 2.24) is 15.2 Å². The summed E-state index contributed by atoms with van der Waals surface area (Å²) in [5, 5.41) is 10.4. The molecule has 2 aromatic heterocycles. The molecule has 1 aliphatic carbocycles. The van der Waals surface area contributed by atoms with Crippen LogP contribution in [0.5, 0.6) is 5.75 Å². The highest BCUT2D eigenvalue weighted by Gasteiger charge is 2.26. The Labute approximate surface area is 136 Å². The Morgan fingerprint density at radius 2 is 2.30 bits per heavy atom. The first-order chi connectivity index (χ1) is 11.2. The number of ether oxygens (including phenoxy) is 1. The summed E-state index contributed by atoms with van der Waals surface area (Å²) in [7, 11) is 0. The Morgan fingerprint density at radius 3 is 3.09 bits per heavy atom. The topological polar surface area (TPSA) is 79.9 Å². The molecule has 1 aliphatic rings. The number of thiazole rings is 1. The van der Waals surface area contributed by atoms with Crippen LogP contribution >= 0.6 is 11.3 Å². The van der Waals surface area contributed by atoms with E-state index in [0.29, 0.717) is 23.4 Å². The molecule has 1 amide bonds. The van der Waals surface area contributed by atoms with Gasteiger partial charge in [-0.2, -0.15) is 5.10 Å². The Bertz CT molecular complexity index is 866. The number of benzene rings is 1. The number of hydrogen-bond acceptors (Lipinski definition) is 5. The molecule has 7 heteroatoms. The molecular formula is C16H16N4O2S. The van der Waals surface area contributed by atoms with E-state index in [9.17, 15) is 4.79 Å². The van der Waals surface area contributed by atoms with Crippen molar-refractivity contribution >= 4 is 32.6 Å². The van der Waals surface area contributed by atoms with E-state index in [0.717, 1.165) is 21.7 Å². The van der Waals surface area contributed by atoms with Crippen molar-refractivity contribution in [2.45, 2.75) is 25.7 Å². The number of H-pyrrole nitrogens is 1. The van der Waals surface area contributed by atoms with Gasteiger partial charge in [0.05, 0.1) is 16.8 Å². The lowest BCUT2D eigenvalue weighted by Gasteiger charge is -2.00. The van der Waals surface area contributed by atoms with E-state index in [2.05, 4.69) is 20.5 Å². The number of carbonyl (C=O) groups excluding carboxylic acids is 1. The standard InChI is InChI=1S/C16H16N4O2S/c1-2-22-10-5-6-11-14(7-10)23-16(17-11)18-15(21)13-8-12(19-20-13)9-3-4-9/h5-9H,2-4H2,1H3,(H,19,20)(H,17,18,21). The zero-order valence-corrected chi connectivity index (χ0v) is 13.4. The lowest BCUT2D eigenvalue weighted by atomic mass is 10.2. The van der Waals surface area contributed by atoms with Crippen molar-refractivity contribution in [3.63, 3.8) is 0 Å². The van der Waals surface area contributed by atoms with Gasteiger partial charge in [-0.05, 0) is 44.0 Å². The van der Waals surface area contributed by atoms with Crippen LogP contribution in [0.2, 0.25) is 0 Å². The normalized spacial score (nSPS) is 14.1. The Morgan fingerprint density at radius 1 is 1.43 bits per heavy atom. The van der Waals surface area contributed by atoms with Gasteiger partial charge in [-0.15, -0.1) is 0 Å². The molecule has 6 nitrogen and oxygen atoms in total. The zero-order chi connectivity index (χ0) is 15.8. The monoisotopic (exact) mass is 328 g/mol.